The molecule has 1 aliphatic heterocycles. The van der Waals surface area contributed by atoms with Crippen molar-refractivity contribution in [2.24, 2.45) is 5.41 Å². The van der Waals surface area contributed by atoms with Crippen LogP contribution in [-0.4, -0.2) is 24.3 Å². The topological polar surface area (TPSA) is 55.8 Å². The summed E-state index contributed by atoms with van der Waals surface area (Å²) in [4.78, 5) is 11.1. The van der Waals surface area contributed by atoms with Crippen molar-refractivity contribution in [3.63, 3.8) is 0 Å². The van der Waals surface area contributed by atoms with E-state index in [1.54, 1.807) is 0 Å². The van der Waals surface area contributed by atoms with Crippen molar-refractivity contribution in [2.45, 2.75) is 45.4 Å². The third kappa shape index (κ3) is 2.71. The summed E-state index contributed by atoms with van der Waals surface area (Å²) in [6.45, 7) is 7.32. The first-order valence-electron chi connectivity index (χ1n) is 7.44. The summed E-state index contributed by atoms with van der Waals surface area (Å²) in [7, 11) is 0. The normalized spacial score (nSPS) is 19.2. The molecule has 4 heteroatoms. The average molecular weight is 290 g/mol. The molecule has 0 radical (unpaired) electrons. The lowest BCUT2D eigenvalue weighted by Gasteiger charge is -2.26. The summed E-state index contributed by atoms with van der Waals surface area (Å²) in [5.41, 5.74) is 1.84. The van der Waals surface area contributed by atoms with Gasteiger partial charge in [0.1, 0.15) is 0 Å². The summed E-state index contributed by atoms with van der Waals surface area (Å²) >= 11 is 0. The lowest BCUT2D eigenvalue weighted by molar-refractivity contribution is -0.138. The van der Waals surface area contributed by atoms with Crippen LogP contribution < -0.4 is 9.47 Å². The van der Waals surface area contributed by atoms with Crippen molar-refractivity contribution in [3.8, 4) is 11.5 Å². The monoisotopic (exact) mass is 290 g/mol. The molecule has 1 heterocycles. The van der Waals surface area contributed by atoms with Gasteiger partial charge in [0, 0.05) is 10.8 Å². The van der Waals surface area contributed by atoms with E-state index in [1.807, 2.05) is 32.9 Å². The van der Waals surface area contributed by atoms with Gasteiger partial charge in [-0.05, 0) is 43.0 Å². The van der Waals surface area contributed by atoms with E-state index in [9.17, 15) is 4.79 Å². The zero-order valence-electron chi connectivity index (χ0n) is 12.9. The molecule has 1 aromatic carbocycles. The molecule has 2 aliphatic rings. The Morgan fingerprint density at radius 2 is 1.81 bits per heavy atom. The van der Waals surface area contributed by atoms with Gasteiger partial charge in [0.25, 0.3) is 0 Å². The van der Waals surface area contributed by atoms with E-state index in [4.69, 9.17) is 14.6 Å². The molecule has 114 valence electrons. The fraction of sp³-hybridized carbons (Fsp3) is 0.588. The SMILES string of the molecule is Cc1cc2c(cc1C(C)(C)CC(=O)O)OCC1(CC1)CO2. The van der Waals surface area contributed by atoms with Crippen LogP contribution in [0.15, 0.2) is 12.1 Å². The Labute approximate surface area is 125 Å². The summed E-state index contributed by atoms with van der Waals surface area (Å²) in [5.74, 6) is 0.743. The van der Waals surface area contributed by atoms with Gasteiger partial charge in [0.15, 0.2) is 11.5 Å². The maximum atomic E-state index is 11.1. The van der Waals surface area contributed by atoms with Gasteiger partial charge in [-0.15, -0.1) is 0 Å². The smallest absolute Gasteiger partial charge is 0.304 e. The first-order valence-corrected chi connectivity index (χ1v) is 7.44. The Balaban J connectivity index is 1.94. The molecule has 1 saturated carbocycles. The molecular weight excluding hydrogens is 268 g/mol. The largest absolute Gasteiger partial charge is 0.489 e. The number of aryl methyl sites for hydroxylation is 1. The second-order valence-electron chi connectivity index (χ2n) is 7.15. The van der Waals surface area contributed by atoms with Crippen LogP contribution in [0.25, 0.3) is 0 Å². The van der Waals surface area contributed by atoms with Gasteiger partial charge in [0.05, 0.1) is 19.6 Å². The summed E-state index contributed by atoms with van der Waals surface area (Å²) < 4.78 is 11.9. The quantitative estimate of drug-likeness (QED) is 0.928. The number of aliphatic carboxylic acids is 1. The number of fused-ring (bicyclic) bond motifs is 1. The summed E-state index contributed by atoms with van der Waals surface area (Å²) in [6, 6.07) is 3.95. The molecule has 21 heavy (non-hydrogen) atoms. The Morgan fingerprint density at radius 3 is 2.33 bits per heavy atom. The molecule has 0 atom stereocenters. The molecular formula is C17H22O4. The van der Waals surface area contributed by atoms with Crippen molar-refractivity contribution in [3.05, 3.63) is 23.3 Å². The van der Waals surface area contributed by atoms with Crippen LogP contribution in [0, 0.1) is 12.3 Å². The van der Waals surface area contributed by atoms with Crippen LogP contribution >= 0.6 is 0 Å². The van der Waals surface area contributed by atoms with Crippen LogP contribution in [0.2, 0.25) is 0 Å². The van der Waals surface area contributed by atoms with Gasteiger partial charge in [-0.25, -0.2) is 0 Å². The zero-order valence-corrected chi connectivity index (χ0v) is 12.9. The van der Waals surface area contributed by atoms with Crippen LogP contribution in [0.1, 0.15) is 44.2 Å². The van der Waals surface area contributed by atoms with Gasteiger partial charge in [0.2, 0.25) is 0 Å². The Morgan fingerprint density at radius 1 is 1.24 bits per heavy atom. The standard InChI is InChI=1S/C17H22O4/c1-11-6-13-14(21-10-17(4-5-17)9-20-13)7-12(11)16(2,3)8-15(18)19/h6-7H,4-5,8-10H2,1-3H3,(H,18,19). The first kappa shape index (κ1) is 14.2. The number of carboxylic acid groups (broad SMARTS) is 1. The van der Waals surface area contributed by atoms with Gasteiger partial charge in [-0.2, -0.15) is 0 Å². The molecule has 4 nitrogen and oxygen atoms in total. The Bertz CT molecular complexity index is 585. The van der Waals surface area contributed by atoms with E-state index in [0.29, 0.717) is 6.61 Å². The van der Waals surface area contributed by atoms with Gasteiger partial charge >= 0.3 is 5.97 Å². The van der Waals surface area contributed by atoms with Crippen molar-refractivity contribution in [2.75, 3.05) is 13.2 Å². The summed E-state index contributed by atoms with van der Waals surface area (Å²) in [6.07, 6.45) is 2.42. The highest BCUT2D eigenvalue weighted by molar-refractivity contribution is 5.69. The summed E-state index contributed by atoms with van der Waals surface area (Å²) in [5, 5.41) is 9.11. The fourth-order valence-electron chi connectivity index (χ4n) is 3.06. The van der Waals surface area contributed by atoms with Crippen molar-refractivity contribution >= 4 is 5.97 Å². The van der Waals surface area contributed by atoms with E-state index in [1.165, 1.54) is 0 Å². The highest BCUT2D eigenvalue weighted by atomic mass is 16.5. The van der Waals surface area contributed by atoms with E-state index >= 15 is 0 Å². The minimum atomic E-state index is -0.788. The number of hydrogen-bond acceptors (Lipinski definition) is 3. The van der Waals surface area contributed by atoms with E-state index in [-0.39, 0.29) is 11.8 Å². The lowest BCUT2D eigenvalue weighted by Crippen LogP contribution is -2.23. The second-order valence-corrected chi connectivity index (χ2v) is 7.15. The lowest BCUT2D eigenvalue weighted by atomic mass is 9.79. The molecule has 0 bridgehead atoms. The number of rotatable bonds is 3. The maximum absolute atomic E-state index is 11.1. The first-order chi connectivity index (χ1) is 9.81. The minimum absolute atomic E-state index is 0.0947. The molecule has 1 spiro atoms. The molecule has 1 N–H and O–H groups in total. The van der Waals surface area contributed by atoms with E-state index < -0.39 is 11.4 Å². The molecule has 0 saturated heterocycles. The Kier molecular flexibility index (Phi) is 3.15. The second kappa shape index (κ2) is 4.65. The fourth-order valence-corrected chi connectivity index (χ4v) is 3.06. The predicted octanol–water partition coefficient (Wildman–Crippen LogP) is 3.30. The molecule has 1 aliphatic carbocycles. The Hall–Kier alpha value is -1.71. The van der Waals surface area contributed by atoms with Crippen LogP contribution in [0.3, 0.4) is 0 Å². The molecule has 3 rings (SSSR count). The van der Waals surface area contributed by atoms with E-state index in [2.05, 4.69) is 0 Å². The number of carboxylic acids is 1. The highest BCUT2D eigenvalue weighted by Crippen LogP contribution is 2.49. The maximum Gasteiger partial charge on any atom is 0.304 e. The number of benzene rings is 1. The molecule has 0 amide bonds. The molecule has 0 aromatic heterocycles. The predicted molar refractivity (Wildman–Crippen MR) is 79.1 cm³/mol. The van der Waals surface area contributed by atoms with Crippen LogP contribution in [-0.2, 0) is 10.2 Å². The van der Waals surface area contributed by atoms with Crippen molar-refractivity contribution < 1.29 is 19.4 Å². The molecule has 0 unspecified atom stereocenters. The average Bonchev–Trinajstić information content (AvgIpc) is 3.15. The van der Waals surface area contributed by atoms with Gasteiger partial charge in [-0.1, -0.05) is 13.8 Å². The van der Waals surface area contributed by atoms with Gasteiger partial charge < -0.3 is 14.6 Å². The third-order valence-corrected chi connectivity index (χ3v) is 4.64. The van der Waals surface area contributed by atoms with E-state index in [0.717, 1.165) is 42.1 Å². The third-order valence-electron chi connectivity index (χ3n) is 4.64. The molecule has 1 fully saturated rings. The zero-order chi connectivity index (χ0) is 15.3. The minimum Gasteiger partial charge on any atom is -0.489 e. The molecule has 1 aromatic rings. The van der Waals surface area contributed by atoms with Crippen molar-refractivity contribution in [1.29, 1.82) is 0 Å². The number of carbonyl (C=O) groups is 1. The number of ether oxygens (including phenoxy) is 2. The van der Waals surface area contributed by atoms with Crippen LogP contribution in [0.5, 0.6) is 11.5 Å². The van der Waals surface area contributed by atoms with Crippen LogP contribution in [0.4, 0.5) is 0 Å². The van der Waals surface area contributed by atoms with Gasteiger partial charge in [-0.3, -0.25) is 4.79 Å². The highest BCUT2D eigenvalue weighted by Gasteiger charge is 2.46. The van der Waals surface area contributed by atoms with Crippen molar-refractivity contribution in [1.82, 2.24) is 0 Å². The number of hydrogen-bond donors (Lipinski definition) is 1.